The molecule has 1 amide bonds. The Bertz CT molecular complexity index is 510. The number of amides is 1. The summed E-state index contributed by atoms with van der Waals surface area (Å²) in [5.74, 6) is -0.144. The van der Waals surface area contributed by atoms with Crippen LogP contribution >= 0.6 is 24.2 Å². The molecule has 1 aliphatic heterocycles. The lowest BCUT2D eigenvalue weighted by molar-refractivity contribution is 0.0699. The van der Waals surface area contributed by atoms with Crippen molar-refractivity contribution in [2.45, 2.75) is 23.5 Å². The zero-order chi connectivity index (χ0) is 14.9. The number of thiol groups is 1. The fraction of sp³-hybridized carbons (Fsp3) is 0.500. The van der Waals surface area contributed by atoms with Gasteiger partial charge in [0.1, 0.15) is 0 Å². The van der Waals surface area contributed by atoms with Gasteiger partial charge in [-0.15, -0.1) is 12.6 Å². The van der Waals surface area contributed by atoms with Gasteiger partial charge in [-0.2, -0.15) is 0 Å². The summed E-state index contributed by atoms with van der Waals surface area (Å²) >= 11 is 10.4. The van der Waals surface area contributed by atoms with Crippen molar-refractivity contribution >= 4 is 30.1 Å². The number of benzene rings is 1. The van der Waals surface area contributed by atoms with Gasteiger partial charge < -0.3 is 14.9 Å². The van der Waals surface area contributed by atoms with E-state index >= 15 is 0 Å². The Hall–Kier alpha value is -0.750. The molecule has 1 aliphatic rings. The Morgan fingerprint density at radius 1 is 1.55 bits per heavy atom. The molecule has 1 aromatic carbocycles. The van der Waals surface area contributed by atoms with E-state index in [2.05, 4.69) is 12.6 Å². The molecule has 0 radical (unpaired) electrons. The summed E-state index contributed by atoms with van der Waals surface area (Å²) in [6, 6.07) is 5.10. The highest BCUT2D eigenvalue weighted by atomic mass is 35.5. The molecule has 0 aromatic heterocycles. The second-order valence-electron chi connectivity index (χ2n) is 5.43. The number of carbonyl (C=O) groups is 1. The zero-order valence-corrected chi connectivity index (χ0v) is 13.2. The fourth-order valence-electron chi connectivity index (χ4n) is 2.57. The molecule has 2 rings (SSSR count). The summed E-state index contributed by atoms with van der Waals surface area (Å²) < 4.78 is 0. The van der Waals surface area contributed by atoms with Crippen molar-refractivity contribution in [1.29, 1.82) is 0 Å². The van der Waals surface area contributed by atoms with Crippen LogP contribution in [0.15, 0.2) is 23.1 Å². The first-order chi connectivity index (χ1) is 9.38. The number of aliphatic hydroxyl groups excluding tert-OH is 1. The lowest BCUT2D eigenvalue weighted by Gasteiger charge is -2.27. The maximum absolute atomic E-state index is 12.6. The van der Waals surface area contributed by atoms with Gasteiger partial charge in [0.15, 0.2) is 0 Å². The molecule has 0 bridgehead atoms. The summed E-state index contributed by atoms with van der Waals surface area (Å²) in [6.45, 7) is 1.07. The summed E-state index contributed by atoms with van der Waals surface area (Å²) in [5.41, 5.74) is 0.442. The maximum Gasteiger partial charge on any atom is 0.255 e. The van der Waals surface area contributed by atoms with Crippen LogP contribution in [-0.4, -0.2) is 60.1 Å². The van der Waals surface area contributed by atoms with Crippen molar-refractivity contribution < 1.29 is 9.90 Å². The summed E-state index contributed by atoms with van der Waals surface area (Å²) in [5, 5.41) is 10.3. The summed E-state index contributed by atoms with van der Waals surface area (Å²) in [7, 11) is 3.91. The number of likely N-dealkylation sites (tertiary alicyclic amines) is 1. The third-order valence-corrected chi connectivity index (χ3v) is 4.02. The van der Waals surface area contributed by atoms with Crippen molar-refractivity contribution in [2.75, 3.05) is 27.2 Å². The summed E-state index contributed by atoms with van der Waals surface area (Å²) in [6.07, 6.45) is 0.129. The van der Waals surface area contributed by atoms with Crippen molar-refractivity contribution in [3.63, 3.8) is 0 Å². The maximum atomic E-state index is 12.6. The highest BCUT2D eigenvalue weighted by molar-refractivity contribution is 7.80. The van der Waals surface area contributed by atoms with Crippen LogP contribution in [0.1, 0.15) is 16.8 Å². The Morgan fingerprint density at radius 2 is 2.25 bits per heavy atom. The minimum absolute atomic E-state index is 0.00661. The quantitative estimate of drug-likeness (QED) is 0.836. The van der Waals surface area contributed by atoms with E-state index in [1.165, 1.54) is 0 Å². The number of aliphatic hydroxyl groups is 1. The van der Waals surface area contributed by atoms with Crippen LogP contribution in [-0.2, 0) is 0 Å². The normalized spacial score (nSPS) is 22.6. The number of carbonyl (C=O) groups excluding carboxylic acids is 1. The first-order valence-corrected chi connectivity index (χ1v) is 7.33. The molecule has 1 N–H and O–H groups in total. The van der Waals surface area contributed by atoms with E-state index in [0.717, 1.165) is 6.54 Å². The van der Waals surface area contributed by atoms with E-state index in [-0.39, 0.29) is 11.9 Å². The molecule has 1 fully saturated rings. The van der Waals surface area contributed by atoms with Crippen molar-refractivity contribution in [3.05, 3.63) is 28.8 Å². The molecule has 1 heterocycles. The van der Waals surface area contributed by atoms with Crippen LogP contribution in [0.2, 0.25) is 5.02 Å². The molecule has 2 unspecified atom stereocenters. The molecule has 0 spiro atoms. The summed E-state index contributed by atoms with van der Waals surface area (Å²) in [4.78, 5) is 17.1. The lowest BCUT2D eigenvalue weighted by atomic mass is 10.1. The van der Waals surface area contributed by atoms with Crippen LogP contribution in [0.5, 0.6) is 0 Å². The predicted molar refractivity (Wildman–Crippen MR) is 82.7 cm³/mol. The Balaban J connectivity index is 2.24. The minimum atomic E-state index is -0.471. The monoisotopic (exact) mass is 314 g/mol. The van der Waals surface area contributed by atoms with Gasteiger partial charge >= 0.3 is 0 Å². The van der Waals surface area contributed by atoms with Crippen molar-refractivity contribution in [3.8, 4) is 0 Å². The number of halogens is 1. The number of rotatable bonds is 3. The van der Waals surface area contributed by atoms with Crippen LogP contribution in [0.25, 0.3) is 0 Å². The Morgan fingerprint density at radius 3 is 2.90 bits per heavy atom. The van der Waals surface area contributed by atoms with Gasteiger partial charge in [0.2, 0.25) is 0 Å². The number of β-amino-alcohol motifs (C(OH)–C–C–N with tert-alkyl or cyclic N) is 1. The van der Waals surface area contributed by atoms with Crippen molar-refractivity contribution in [1.82, 2.24) is 9.80 Å². The molecule has 2 atom stereocenters. The van der Waals surface area contributed by atoms with Gasteiger partial charge in [-0.25, -0.2) is 0 Å². The highest BCUT2D eigenvalue weighted by Crippen LogP contribution is 2.26. The molecular weight excluding hydrogens is 296 g/mol. The number of hydrogen-bond acceptors (Lipinski definition) is 4. The van der Waals surface area contributed by atoms with Gasteiger partial charge in [0.05, 0.1) is 16.7 Å². The zero-order valence-electron chi connectivity index (χ0n) is 11.6. The Kier molecular flexibility index (Phi) is 4.96. The van der Waals surface area contributed by atoms with E-state index in [1.807, 2.05) is 19.0 Å². The van der Waals surface area contributed by atoms with Gasteiger partial charge in [-0.1, -0.05) is 11.6 Å². The molecule has 1 saturated heterocycles. The topological polar surface area (TPSA) is 43.8 Å². The van der Waals surface area contributed by atoms with Gasteiger partial charge in [-0.05, 0) is 38.7 Å². The predicted octanol–water partition coefficient (Wildman–Crippen LogP) is 1.77. The van der Waals surface area contributed by atoms with Gasteiger partial charge in [-0.3, -0.25) is 4.79 Å². The second-order valence-corrected chi connectivity index (χ2v) is 6.35. The van der Waals surface area contributed by atoms with Crippen molar-refractivity contribution in [2.24, 2.45) is 0 Å². The van der Waals surface area contributed by atoms with E-state index in [1.54, 1.807) is 23.1 Å². The number of nitrogens with zero attached hydrogens (tertiary/aromatic N) is 2. The van der Waals surface area contributed by atoms with E-state index in [4.69, 9.17) is 11.6 Å². The first kappa shape index (κ1) is 15.6. The Labute approximate surface area is 129 Å². The molecule has 0 saturated carbocycles. The highest BCUT2D eigenvalue weighted by Gasteiger charge is 2.35. The molecular formula is C14H19ClN2O2S. The van der Waals surface area contributed by atoms with Gasteiger partial charge in [0, 0.05) is 24.0 Å². The molecule has 20 heavy (non-hydrogen) atoms. The largest absolute Gasteiger partial charge is 0.391 e. The van der Waals surface area contributed by atoms with Crippen LogP contribution in [0.4, 0.5) is 0 Å². The minimum Gasteiger partial charge on any atom is -0.391 e. The van der Waals surface area contributed by atoms with E-state index in [0.29, 0.717) is 28.4 Å². The van der Waals surface area contributed by atoms with E-state index < -0.39 is 6.10 Å². The van der Waals surface area contributed by atoms with Crippen LogP contribution in [0.3, 0.4) is 0 Å². The van der Waals surface area contributed by atoms with Crippen LogP contribution in [0, 0.1) is 0 Å². The second kappa shape index (κ2) is 6.35. The number of hydrogen-bond donors (Lipinski definition) is 2. The smallest absolute Gasteiger partial charge is 0.255 e. The SMILES string of the molecule is CN(C)CC1CC(O)CN1C(=O)c1cc(S)ccc1Cl. The standard InChI is InChI=1S/C14H19ClN2O2S/c1-16(2)7-9-5-10(18)8-17(9)14(19)12-6-11(20)3-4-13(12)15/h3-4,6,9-10,18,20H,5,7-8H2,1-2H3. The third kappa shape index (κ3) is 3.47. The van der Waals surface area contributed by atoms with Crippen LogP contribution < -0.4 is 0 Å². The molecule has 110 valence electrons. The molecule has 4 nitrogen and oxygen atoms in total. The lowest BCUT2D eigenvalue weighted by Crippen LogP contribution is -2.41. The average molecular weight is 315 g/mol. The third-order valence-electron chi connectivity index (χ3n) is 3.41. The van der Waals surface area contributed by atoms with E-state index in [9.17, 15) is 9.90 Å². The first-order valence-electron chi connectivity index (χ1n) is 6.50. The molecule has 1 aromatic rings. The molecule has 0 aliphatic carbocycles. The molecule has 6 heteroatoms. The fourth-order valence-corrected chi connectivity index (χ4v) is 2.97. The average Bonchev–Trinajstić information content (AvgIpc) is 2.71. The van der Waals surface area contributed by atoms with Gasteiger partial charge in [0.25, 0.3) is 5.91 Å². The number of likely N-dealkylation sites (N-methyl/N-ethyl adjacent to an activating group) is 1.